The van der Waals surface area contributed by atoms with Crippen molar-refractivity contribution in [3.05, 3.63) is 74.3 Å². The fraction of sp³-hybridized carbons (Fsp3) is 0.143. The van der Waals surface area contributed by atoms with Crippen molar-refractivity contribution < 1.29 is 9.47 Å². The van der Waals surface area contributed by atoms with Gasteiger partial charge in [0.2, 0.25) is 0 Å². The number of aromatic nitrogens is 1. The average molecular weight is 423 g/mol. The van der Waals surface area contributed by atoms with Gasteiger partial charge in [-0.25, -0.2) is 0 Å². The summed E-state index contributed by atoms with van der Waals surface area (Å²) in [6.45, 7) is 0. The van der Waals surface area contributed by atoms with E-state index in [-0.39, 0.29) is 5.92 Å². The summed E-state index contributed by atoms with van der Waals surface area (Å²) in [5.41, 5.74) is 8.56. The smallest absolute Gasteiger partial charge is 0.167 e. The third kappa shape index (κ3) is 3.24. The fourth-order valence-corrected chi connectivity index (χ4v) is 4.94. The summed E-state index contributed by atoms with van der Waals surface area (Å²) < 4.78 is 13.1. The summed E-state index contributed by atoms with van der Waals surface area (Å²) in [7, 11) is 3.25. The largest absolute Gasteiger partial charge is 0.497 e. The van der Waals surface area contributed by atoms with Crippen LogP contribution in [0.5, 0.6) is 11.5 Å². The first kappa shape index (κ1) is 19.1. The normalized spacial score (nSPS) is 15.3. The monoisotopic (exact) mass is 422 g/mol. The van der Waals surface area contributed by atoms with Gasteiger partial charge in [0.1, 0.15) is 23.1 Å². The van der Waals surface area contributed by atoms with E-state index in [1.165, 1.54) is 11.3 Å². The van der Waals surface area contributed by atoms with Crippen molar-refractivity contribution in [2.24, 2.45) is 5.73 Å². The maximum Gasteiger partial charge on any atom is 0.167 e. The Bertz CT molecular complexity index is 1190. The van der Waals surface area contributed by atoms with Gasteiger partial charge in [-0.1, -0.05) is 12.1 Å². The second-order valence-corrected chi connectivity index (χ2v) is 8.06. The second kappa shape index (κ2) is 7.62. The molecule has 0 bridgehead atoms. The zero-order valence-corrected chi connectivity index (χ0v) is 17.4. The second-order valence-electron chi connectivity index (χ2n) is 6.38. The van der Waals surface area contributed by atoms with Crippen LogP contribution in [0.2, 0.25) is 0 Å². The first-order valence-electron chi connectivity index (χ1n) is 8.78. The summed E-state index contributed by atoms with van der Waals surface area (Å²) in [4.78, 5) is 0.946. The van der Waals surface area contributed by atoms with Crippen molar-refractivity contribution in [1.82, 2.24) is 4.57 Å². The van der Waals surface area contributed by atoms with E-state index in [1.54, 1.807) is 14.2 Å². The molecule has 1 aliphatic rings. The molecule has 0 fully saturated rings. The number of anilines is 1. The van der Waals surface area contributed by atoms with Crippen LogP contribution in [0.1, 0.15) is 16.4 Å². The zero-order valence-electron chi connectivity index (χ0n) is 15.8. The average Bonchev–Trinajstić information content (AvgIpc) is 3.08. The number of hydrogen-bond acceptors (Lipinski definition) is 7. The maximum absolute atomic E-state index is 9.78. The lowest BCUT2D eigenvalue weighted by molar-refractivity contribution is 0.414. The number of nitriles is 1. The van der Waals surface area contributed by atoms with Gasteiger partial charge in [-0.3, -0.25) is 4.57 Å². The molecule has 6 nitrogen and oxygen atoms in total. The number of fused-ring (bicyclic) bond motifs is 1. The molecule has 0 saturated heterocycles. The van der Waals surface area contributed by atoms with Crippen LogP contribution in [0.3, 0.4) is 0 Å². The molecule has 1 atom stereocenters. The minimum atomic E-state index is -0.298. The number of nitrogens with two attached hydrogens (primary N) is 1. The maximum atomic E-state index is 9.78. The highest BCUT2D eigenvalue weighted by molar-refractivity contribution is 7.73. The van der Waals surface area contributed by atoms with Crippen LogP contribution in [0.25, 0.3) is 5.69 Å². The molecular formula is C21H18N4O2S2. The molecule has 0 amide bonds. The highest BCUT2D eigenvalue weighted by Crippen LogP contribution is 2.45. The molecule has 2 heterocycles. The molecule has 1 aromatic heterocycles. The summed E-state index contributed by atoms with van der Waals surface area (Å²) in [5.74, 6) is 2.33. The van der Waals surface area contributed by atoms with Crippen molar-refractivity contribution in [1.29, 1.82) is 5.26 Å². The number of methoxy groups -OCH3 is 2. The molecular weight excluding hydrogens is 404 g/mol. The van der Waals surface area contributed by atoms with Crippen molar-refractivity contribution in [2.75, 3.05) is 19.5 Å². The molecule has 8 heteroatoms. The topological polar surface area (TPSA) is 85.2 Å². The number of hydrogen-bond donors (Lipinski definition) is 2. The highest BCUT2D eigenvalue weighted by Gasteiger charge is 2.33. The first-order valence-corrected chi connectivity index (χ1v) is 10.0. The van der Waals surface area contributed by atoms with Crippen LogP contribution in [-0.2, 0) is 0 Å². The molecule has 2 aromatic carbocycles. The Hall–Kier alpha value is -3.28. The Balaban J connectivity index is 1.89. The molecule has 4 rings (SSSR count). The summed E-state index contributed by atoms with van der Waals surface area (Å²) in [6, 6.07) is 17.5. The van der Waals surface area contributed by atoms with Crippen LogP contribution >= 0.6 is 23.6 Å². The van der Waals surface area contributed by atoms with E-state index in [0.29, 0.717) is 15.3 Å². The first-order chi connectivity index (χ1) is 14.1. The summed E-state index contributed by atoms with van der Waals surface area (Å²) >= 11 is 7.14. The van der Waals surface area contributed by atoms with E-state index in [0.717, 1.165) is 33.4 Å². The molecule has 29 heavy (non-hydrogen) atoms. The van der Waals surface area contributed by atoms with Crippen LogP contribution in [0.4, 0.5) is 5.82 Å². The van der Waals surface area contributed by atoms with Gasteiger partial charge in [0.05, 0.1) is 36.7 Å². The van der Waals surface area contributed by atoms with Gasteiger partial charge in [-0.15, -0.1) is 11.3 Å². The minimum Gasteiger partial charge on any atom is -0.497 e. The number of rotatable bonds is 4. The van der Waals surface area contributed by atoms with Crippen molar-refractivity contribution >= 4 is 29.4 Å². The molecule has 3 aromatic rings. The van der Waals surface area contributed by atoms with Gasteiger partial charge in [-0.2, -0.15) is 5.26 Å². The van der Waals surface area contributed by atoms with Crippen LogP contribution in [-0.4, -0.2) is 18.8 Å². The van der Waals surface area contributed by atoms with Gasteiger partial charge >= 0.3 is 0 Å². The van der Waals surface area contributed by atoms with E-state index in [1.807, 2.05) is 53.1 Å². The fourth-order valence-electron chi connectivity index (χ4n) is 3.39. The van der Waals surface area contributed by atoms with Crippen LogP contribution in [0, 0.1) is 15.3 Å². The SMILES string of the molecule is COc1ccc(C2C(C#N)=C(N)Nc3c2sc(=S)n3-c2ccc(OC)cc2)cc1. The van der Waals surface area contributed by atoms with Gasteiger partial charge in [0, 0.05) is 5.69 Å². The van der Waals surface area contributed by atoms with Crippen molar-refractivity contribution in [3.63, 3.8) is 0 Å². The summed E-state index contributed by atoms with van der Waals surface area (Å²) in [5, 5.41) is 13.0. The molecule has 0 radical (unpaired) electrons. The van der Waals surface area contributed by atoms with Crippen LogP contribution < -0.4 is 20.5 Å². The molecule has 1 aliphatic heterocycles. The standard InChI is InChI=1S/C21H18N4O2S2/c1-26-14-7-3-12(4-8-14)17-16(11-22)19(23)24-20-18(17)29-21(28)25(20)13-5-9-15(27-2)10-6-13/h3-10,17,24H,23H2,1-2H3. The molecule has 0 saturated carbocycles. The Morgan fingerprint density at radius 2 is 1.66 bits per heavy atom. The van der Waals surface area contributed by atoms with E-state index in [9.17, 15) is 5.26 Å². The lowest BCUT2D eigenvalue weighted by atomic mass is 9.88. The van der Waals surface area contributed by atoms with Crippen LogP contribution in [0.15, 0.2) is 59.9 Å². The number of nitrogens with zero attached hydrogens (tertiary/aromatic N) is 2. The quantitative estimate of drug-likeness (QED) is 0.601. The Morgan fingerprint density at radius 3 is 2.21 bits per heavy atom. The predicted molar refractivity (Wildman–Crippen MR) is 116 cm³/mol. The van der Waals surface area contributed by atoms with Gasteiger partial charge in [-0.05, 0) is 54.2 Å². The number of thiazole rings is 1. The number of benzene rings is 2. The lowest BCUT2D eigenvalue weighted by Crippen LogP contribution is -2.23. The third-order valence-electron chi connectivity index (χ3n) is 4.83. The lowest BCUT2D eigenvalue weighted by Gasteiger charge is -2.25. The molecule has 3 N–H and O–H groups in total. The predicted octanol–water partition coefficient (Wildman–Crippen LogP) is 4.54. The van der Waals surface area contributed by atoms with Gasteiger partial charge < -0.3 is 20.5 Å². The van der Waals surface area contributed by atoms with E-state index in [2.05, 4.69) is 11.4 Å². The summed E-state index contributed by atoms with van der Waals surface area (Å²) in [6.07, 6.45) is 0. The number of ether oxygens (including phenoxy) is 2. The van der Waals surface area contributed by atoms with Gasteiger partial charge in [0.25, 0.3) is 0 Å². The minimum absolute atomic E-state index is 0.298. The molecule has 1 unspecified atom stereocenters. The Kier molecular flexibility index (Phi) is 5.01. The third-order valence-corrected chi connectivity index (χ3v) is 6.27. The van der Waals surface area contributed by atoms with E-state index < -0.39 is 0 Å². The van der Waals surface area contributed by atoms with Crippen molar-refractivity contribution in [3.8, 4) is 23.3 Å². The Morgan fingerprint density at radius 1 is 1.07 bits per heavy atom. The van der Waals surface area contributed by atoms with E-state index in [4.69, 9.17) is 27.4 Å². The number of nitrogens with one attached hydrogen (secondary N) is 1. The molecule has 146 valence electrons. The van der Waals surface area contributed by atoms with Gasteiger partial charge in [0.15, 0.2) is 3.95 Å². The number of allylic oxidation sites excluding steroid dienone is 1. The highest BCUT2D eigenvalue weighted by atomic mass is 32.1. The Labute approximate surface area is 177 Å². The molecule has 0 aliphatic carbocycles. The van der Waals surface area contributed by atoms with E-state index >= 15 is 0 Å². The van der Waals surface area contributed by atoms with Crippen molar-refractivity contribution in [2.45, 2.75) is 5.92 Å². The zero-order chi connectivity index (χ0) is 20.5. The molecule has 0 spiro atoms.